The minimum absolute atomic E-state index is 0.109. The second-order valence-electron chi connectivity index (χ2n) is 6.74. The summed E-state index contributed by atoms with van der Waals surface area (Å²) in [5, 5.41) is 4.90. The van der Waals surface area contributed by atoms with Crippen LogP contribution in [0.5, 0.6) is 0 Å². The molecule has 1 unspecified atom stereocenters. The van der Waals surface area contributed by atoms with Crippen molar-refractivity contribution < 1.29 is 8.42 Å². The first kappa shape index (κ1) is 20.8. The predicted molar refractivity (Wildman–Crippen MR) is 108 cm³/mol. The molecule has 0 aliphatic carbocycles. The second-order valence-corrected chi connectivity index (χ2v) is 8.64. The summed E-state index contributed by atoms with van der Waals surface area (Å²) < 4.78 is 28.5. The van der Waals surface area contributed by atoms with Crippen molar-refractivity contribution in [1.29, 1.82) is 0 Å². The predicted octanol–water partition coefficient (Wildman–Crippen LogP) is 3.80. The summed E-state index contributed by atoms with van der Waals surface area (Å²) in [5.74, 6) is 0. The van der Waals surface area contributed by atoms with Gasteiger partial charge in [0.2, 0.25) is 10.0 Å². The molecule has 0 spiro atoms. The molecule has 26 heavy (non-hydrogen) atoms. The third-order valence-corrected chi connectivity index (χ3v) is 6.47. The first-order chi connectivity index (χ1) is 12.5. The van der Waals surface area contributed by atoms with E-state index in [4.69, 9.17) is 0 Å². The molecule has 0 aliphatic rings. The van der Waals surface area contributed by atoms with Gasteiger partial charge in [0.15, 0.2) is 0 Å². The minimum atomic E-state index is -3.56. The van der Waals surface area contributed by atoms with Gasteiger partial charge in [-0.25, -0.2) is 8.42 Å². The number of nitrogens with zero attached hydrogens (tertiary/aromatic N) is 2. The quantitative estimate of drug-likeness (QED) is 0.605. The summed E-state index contributed by atoms with van der Waals surface area (Å²) in [4.78, 5) is 4.48. The van der Waals surface area contributed by atoms with Crippen LogP contribution in [-0.2, 0) is 10.0 Å². The fourth-order valence-electron chi connectivity index (χ4n) is 3.20. The lowest BCUT2D eigenvalue weighted by Crippen LogP contribution is -2.42. The van der Waals surface area contributed by atoms with Crippen LogP contribution in [0.1, 0.15) is 46.5 Å². The Morgan fingerprint density at radius 2 is 1.96 bits per heavy atom. The minimum Gasteiger partial charge on any atom is -0.313 e. The fraction of sp³-hybridized carbons (Fsp3) is 0.550. The van der Waals surface area contributed by atoms with Crippen molar-refractivity contribution in [2.75, 3.05) is 19.6 Å². The standard InChI is InChI=1S/C20H31N3O2S/c1-4-6-7-8-14-23(16-17(3)22-5-2)26(24,25)20-11-9-10-18-15-21-13-12-19(18)20/h9-13,15,17,22H,4-8,14,16H2,1-3H3. The van der Waals surface area contributed by atoms with Gasteiger partial charge in [-0.1, -0.05) is 45.2 Å². The Kier molecular flexibility index (Phi) is 8.00. The van der Waals surface area contributed by atoms with Crippen molar-refractivity contribution >= 4 is 20.8 Å². The van der Waals surface area contributed by atoms with Gasteiger partial charge in [-0.3, -0.25) is 4.98 Å². The second kappa shape index (κ2) is 10.00. The van der Waals surface area contributed by atoms with Crippen molar-refractivity contribution in [2.24, 2.45) is 0 Å². The number of benzene rings is 1. The highest BCUT2D eigenvalue weighted by Gasteiger charge is 2.27. The number of nitrogens with one attached hydrogen (secondary N) is 1. The van der Waals surface area contributed by atoms with Crippen LogP contribution >= 0.6 is 0 Å². The maximum Gasteiger partial charge on any atom is 0.243 e. The van der Waals surface area contributed by atoms with Crippen LogP contribution in [0, 0.1) is 0 Å². The third-order valence-electron chi connectivity index (χ3n) is 4.55. The van der Waals surface area contributed by atoms with Crippen LogP contribution in [-0.4, -0.2) is 43.4 Å². The maximum absolute atomic E-state index is 13.4. The SMILES string of the molecule is CCCCCCN(CC(C)NCC)S(=O)(=O)c1cccc2cnccc12. The lowest BCUT2D eigenvalue weighted by molar-refractivity contribution is 0.357. The molecule has 6 heteroatoms. The largest absolute Gasteiger partial charge is 0.313 e. The molecule has 0 radical (unpaired) electrons. The average molecular weight is 378 g/mol. The molecule has 0 bridgehead atoms. The monoisotopic (exact) mass is 377 g/mol. The Balaban J connectivity index is 2.33. The summed E-state index contributed by atoms with van der Waals surface area (Å²) in [6, 6.07) is 7.28. The Hall–Kier alpha value is -1.50. The molecule has 0 fully saturated rings. The number of fused-ring (bicyclic) bond motifs is 1. The van der Waals surface area contributed by atoms with Gasteiger partial charge in [0.25, 0.3) is 0 Å². The van der Waals surface area contributed by atoms with E-state index < -0.39 is 10.0 Å². The van der Waals surface area contributed by atoms with Crippen molar-refractivity contribution in [2.45, 2.75) is 57.4 Å². The Morgan fingerprint density at radius 3 is 2.69 bits per heavy atom. The Labute approximate surface area is 157 Å². The first-order valence-electron chi connectivity index (χ1n) is 9.57. The van der Waals surface area contributed by atoms with Crippen molar-refractivity contribution in [1.82, 2.24) is 14.6 Å². The summed E-state index contributed by atoms with van der Waals surface area (Å²) >= 11 is 0. The van der Waals surface area contributed by atoms with E-state index in [1.807, 2.05) is 19.9 Å². The maximum atomic E-state index is 13.4. The summed E-state index contributed by atoms with van der Waals surface area (Å²) in [6.45, 7) is 8.08. The molecular weight excluding hydrogens is 346 g/mol. The van der Waals surface area contributed by atoms with E-state index in [1.54, 1.807) is 34.9 Å². The highest BCUT2D eigenvalue weighted by molar-refractivity contribution is 7.89. The van der Waals surface area contributed by atoms with Crippen LogP contribution in [0.4, 0.5) is 0 Å². The summed E-state index contributed by atoms with van der Waals surface area (Å²) in [5.41, 5.74) is 0. The Bertz CT molecular complexity index is 787. The van der Waals surface area contributed by atoms with Crippen LogP contribution < -0.4 is 5.32 Å². The zero-order chi connectivity index (χ0) is 19.0. The van der Waals surface area contributed by atoms with Crippen LogP contribution in [0.25, 0.3) is 10.8 Å². The summed E-state index contributed by atoms with van der Waals surface area (Å²) in [7, 11) is -3.56. The molecule has 0 saturated heterocycles. The highest BCUT2D eigenvalue weighted by Crippen LogP contribution is 2.25. The Morgan fingerprint density at radius 1 is 1.15 bits per heavy atom. The number of pyridine rings is 1. The lowest BCUT2D eigenvalue weighted by Gasteiger charge is -2.26. The molecule has 0 aliphatic heterocycles. The third kappa shape index (κ3) is 5.25. The van der Waals surface area contributed by atoms with Crippen LogP contribution in [0.3, 0.4) is 0 Å². The van der Waals surface area contributed by atoms with E-state index in [2.05, 4.69) is 17.2 Å². The van der Waals surface area contributed by atoms with Gasteiger partial charge in [-0.2, -0.15) is 4.31 Å². The van der Waals surface area contributed by atoms with Gasteiger partial charge in [-0.05, 0) is 32.0 Å². The number of likely N-dealkylation sites (N-methyl/N-ethyl adjacent to an activating group) is 1. The van der Waals surface area contributed by atoms with E-state index >= 15 is 0 Å². The van der Waals surface area contributed by atoms with Gasteiger partial charge in [0.05, 0.1) is 4.90 Å². The van der Waals surface area contributed by atoms with Crippen LogP contribution in [0.2, 0.25) is 0 Å². The molecule has 2 aromatic rings. The molecule has 5 nitrogen and oxygen atoms in total. The smallest absolute Gasteiger partial charge is 0.243 e. The first-order valence-corrected chi connectivity index (χ1v) is 11.0. The van der Waals surface area contributed by atoms with Gasteiger partial charge < -0.3 is 5.32 Å². The zero-order valence-corrected chi connectivity index (χ0v) is 16.9. The molecule has 1 aromatic heterocycles. The fourth-order valence-corrected chi connectivity index (χ4v) is 4.98. The summed E-state index contributed by atoms with van der Waals surface area (Å²) in [6.07, 6.45) is 7.57. The normalized spacial score (nSPS) is 13.4. The van der Waals surface area contributed by atoms with Crippen molar-refractivity contribution in [3.05, 3.63) is 36.7 Å². The van der Waals surface area contributed by atoms with Crippen LogP contribution in [0.15, 0.2) is 41.6 Å². The van der Waals surface area contributed by atoms with E-state index in [0.717, 1.165) is 43.0 Å². The number of sulfonamides is 1. The average Bonchev–Trinajstić information content (AvgIpc) is 2.63. The van der Waals surface area contributed by atoms with Gasteiger partial charge in [0, 0.05) is 42.3 Å². The number of rotatable bonds is 11. The zero-order valence-electron chi connectivity index (χ0n) is 16.1. The van der Waals surface area contributed by atoms with E-state index in [1.165, 1.54) is 0 Å². The molecule has 2 rings (SSSR count). The molecule has 1 atom stereocenters. The van der Waals surface area contributed by atoms with Crippen molar-refractivity contribution in [3.8, 4) is 0 Å². The number of hydrogen-bond donors (Lipinski definition) is 1. The molecule has 1 aromatic carbocycles. The molecule has 144 valence electrons. The molecule has 0 amide bonds. The molecule has 1 heterocycles. The van der Waals surface area contributed by atoms with E-state index in [-0.39, 0.29) is 6.04 Å². The molecular formula is C20H31N3O2S. The molecule has 0 saturated carbocycles. The van der Waals surface area contributed by atoms with Gasteiger partial charge >= 0.3 is 0 Å². The highest BCUT2D eigenvalue weighted by atomic mass is 32.2. The lowest BCUT2D eigenvalue weighted by atomic mass is 10.2. The van der Waals surface area contributed by atoms with E-state index in [9.17, 15) is 8.42 Å². The van der Waals surface area contributed by atoms with Crippen molar-refractivity contribution in [3.63, 3.8) is 0 Å². The number of aromatic nitrogens is 1. The van der Waals surface area contributed by atoms with E-state index in [0.29, 0.717) is 18.0 Å². The number of hydrogen-bond acceptors (Lipinski definition) is 4. The van der Waals surface area contributed by atoms with Gasteiger partial charge in [-0.15, -0.1) is 0 Å². The topological polar surface area (TPSA) is 62.3 Å². The van der Waals surface area contributed by atoms with Gasteiger partial charge in [0.1, 0.15) is 0 Å². The molecule has 1 N–H and O–H groups in total. The number of unbranched alkanes of at least 4 members (excludes halogenated alkanes) is 3.